The topological polar surface area (TPSA) is 89.4 Å². The second-order valence-corrected chi connectivity index (χ2v) is 5.80. The van der Waals surface area contributed by atoms with Gasteiger partial charge in [0.05, 0.1) is 6.67 Å². The lowest BCUT2D eigenvalue weighted by Crippen LogP contribution is -2.41. The highest BCUT2D eigenvalue weighted by Gasteiger charge is 2.41. The number of halogens is 6. The average molecular weight is 347 g/mol. The van der Waals surface area contributed by atoms with Crippen LogP contribution in [0.15, 0.2) is 0 Å². The Morgan fingerprint density at radius 1 is 0.857 bits per heavy atom. The fraction of sp³-hybridized carbons (Fsp3) is 1.00. The fourth-order valence-corrected chi connectivity index (χ4v) is 2.05. The Bertz CT molecular complexity index is 372. The molecule has 11 heteroatoms. The molecule has 0 aromatic rings. The van der Waals surface area contributed by atoms with E-state index in [0.29, 0.717) is 0 Å². The first kappa shape index (κ1) is 22.7. The zero-order valence-electron chi connectivity index (χ0n) is 11.1. The second kappa shape index (κ2) is 10.2. The van der Waals surface area contributed by atoms with E-state index in [1.807, 2.05) is 0 Å². The maximum Gasteiger partial charge on any atom is 0.267 e. The predicted molar refractivity (Wildman–Crippen MR) is 65.7 cm³/mol. The molecule has 0 bridgehead atoms. The van der Waals surface area contributed by atoms with E-state index in [1.54, 1.807) is 0 Å². The van der Waals surface area contributed by atoms with Crippen molar-refractivity contribution >= 4 is 10.1 Å². The van der Waals surface area contributed by atoms with Gasteiger partial charge in [-0.2, -0.15) is 8.42 Å². The van der Waals surface area contributed by atoms with E-state index < -0.39 is 59.8 Å². The molecular weight excluding hydrogens is 328 g/mol. The maximum absolute atomic E-state index is 13.2. The molecule has 5 unspecified atom stereocenters. The number of unbranched alkanes of at least 4 members (excludes halogenated alkanes) is 1. The largest absolute Gasteiger partial charge is 0.344 e. The summed E-state index contributed by atoms with van der Waals surface area (Å²) in [5, 5.41) is 0. The quantitative estimate of drug-likeness (QED) is 0.361. The summed E-state index contributed by atoms with van der Waals surface area (Å²) >= 11 is 0. The molecule has 0 fully saturated rings. The summed E-state index contributed by atoms with van der Waals surface area (Å²) in [7, 11) is -4.90. The minimum Gasteiger partial charge on any atom is -0.344 e. The molecule has 5 atom stereocenters. The maximum atomic E-state index is 13.2. The third-order valence-corrected chi connectivity index (χ3v) is 3.27. The highest BCUT2D eigenvalue weighted by Crippen LogP contribution is 2.24. The Hall–Kier alpha value is -0.550. The molecule has 0 aliphatic heterocycles. The van der Waals surface area contributed by atoms with E-state index in [1.165, 1.54) is 0 Å². The highest BCUT2D eigenvalue weighted by molar-refractivity contribution is 7.85. The number of rotatable bonds is 10. The van der Waals surface area contributed by atoms with Crippen LogP contribution in [0.25, 0.3) is 0 Å². The van der Waals surface area contributed by atoms with Gasteiger partial charge in [-0.15, -0.1) is 0 Å². The van der Waals surface area contributed by atoms with Crippen LogP contribution in [0.5, 0.6) is 0 Å². The lowest BCUT2D eigenvalue weighted by Gasteiger charge is -2.22. The van der Waals surface area contributed by atoms with Crippen molar-refractivity contribution in [2.75, 3.05) is 12.4 Å². The predicted octanol–water partition coefficient (Wildman–Crippen LogP) is 2.87. The van der Waals surface area contributed by atoms with Crippen molar-refractivity contribution < 1.29 is 39.3 Å². The minimum atomic E-state index is -4.90. The molecule has 0 aromatic carbocycles. The summed E-state index contributed by atoms with van der Waals surface area (Å²) in [6.07, 6.45) is -15.6. The Labute approximate surface area is 119 Å². The van der Waals surface area contributed by atoms with Crippen molar-refractivity contribution in [2.45, 2.75) is 50.1 Å². The van der Waals surface area contributed by atoms with Gasteiger partial charge in [-0.1, -0.05) is 0 Å². The smallest absolute Gasteiger partial charge is 0.267 e. The molecule has 0 amide bonds. The summed E-state index contributed by atoms with van der Waals surface area (Å²) in [5.41, 5.74) is 0. The fourth-order valence-electron chi connectivity index (χ4n) is 1.46. The van der Waals surface area contributed by atoms with E-state index >= 15 is 0 Å². The first-order valence-electron chi connectivity index (χ1n) is 5.81. The summed E-state index contributed by atoms with van der Waals surface area (Å²) < 4.78 is 106. The van der Waals surface area contributed by atoms with Crippen molar-refractivity contribution in [3.05, 3.63) is 0 Å². The van der Waals surface area contributed by atoms with E-state index in [0.717, 1.165) is 0 Å². The molecule has 0 saturated heterocycles. The molecule has 0 aliphatic rings. The van der Waals surface area contributed by atoms with Gasteiger partial charge in [0, 0.05) is 0 Å². The first-order valence-corrected chi connectivity index (χ1v) is 7.42. The molecule has 0 rings (SSSR count). The highest BCUT2D eigenvalue weighted by atomic mass is 32.2. The standard InChI is InChI=1S/C10H16F6O3S.H3N/c11-4-2-1-3-6(12)8(14)10(16)9(15)7(13)5-20(17,18)19;/h6-10H,1-5H2,(H,17,18,19);1H3. The van der Waals surface area contributed by atoms with Crippen LogP contribution >= 0.6 is 0 Å². The Morgan fingerprint density at radius 3 is 1.76 bits per heavy atom. The van der Waals surface area contributed by atoms with Crippen molar-refractivity contribution in [1.82, 2.24) is 6.15 Å². The van der Waals surface area contributed by atoms with Crippen molar-refractivity contribution in [2.24, 2.45) is 0 Å². The van der Waals surface area contributed by atoms with Gasteiger partial charge in [-0.3, -0.25) is 8.94 Å². The van der Waals surface area contributed by atoms with Gasteiger partial charge in [0.1, 0.15) is 11.9 Å². The number of hydrogen-bond donors (Lipinski definition) is 2. The minimum absolute atomic E-state index is 0. The van der Waals surface area contributed by atoms with E-state index in [2.05, 4.69) is 0 Å². The molecule has 0 saturated carbocycles. The summed E-state index contributed by atoms with van der Waals surface area (Å²) in [5.74, 6) is -1.75. The van der Waals surface area contributed by atoms with Crippen LogP contribution < -0.4 is 6.15 Å². The molecule has 4 nitrogen and oxygen atoms in total. The average Bonchev–Trinajstić information content (AvgIpc) is 2.34. The molecule has 130 valence electrons. The summed E-state index contributed by atoms with van der Waals surface area (Å²) in [4.78, 5) is 0. The van der Waals surface area contributed by atoms with Gasteiger partial charge in [0.25, 0.3) is 10.1 Å². The van der Waals surface area contributed by atoms with Gasteiger partial charge in [-0.25, -0.2) is 22.0 Å². The normalized spacial score (nSPS) is 19.2. The molecule has 0 heterocycles. The SMILES string of the molecule is N.O=S(=O)(O)CC(F)C(F)C(F)C(F)C(F)CCCCF. The van der Waals surface area contributed by atoms with Crippen LogP contribution in [0, 0.1) is 0 Å². The van der Waals surface area contributed by atoms with E-state index in [4.69, 9.17) is 4.55 Å². The van der Waals surface area contributed by atoms with E-state index in [9.17, 15) is 34.8 Å². The van der Waals surface area contributed by atoms with Crippen LogP contribution in [0.2, 0.25) is 0 Å². The lowest BCUT2D eigenvalue weighted by atomic mass is 10.0. The Morgan fingerprint density at radius 2 is 1.33 bits per heavy atom. The van der Waals surface area contributed by atoms with Gasteiger partial charge in [0.2, 0.25) is 0 Å². The zero-order chi connectivity index (χ0) is 15.9. The molecule has 0 aromatic heterocycles. The monoisotopic (exact) mass is 347 g/mol. The molecule has 21 heavy (non-hydrogen) atoms. The number of hydrogen-bond acceptors (Lipinski definition) is 3. The summed E-state index contributed by atoms with van der Waals surface area (Å²) in [6.45, 7) is -0.768. The zero-order valence-corrected chi connectivity index (χ0v) is 11.9. The van der Waals surface area contributed by atoms with Crippen LogP contribution in [-0.4, -0.2) is 56.3 Å². The van der Waals surface area contributed by atoms with Gasteiger partial charge >= 0.3 is 0 Å². The number of alkyl halides is 6. The van der Waals surface area contributed by atoms with E-state index in [-0.39, 0.29) is 19.0 Å². The van der Waals surface area contributed by atoms with Crippen molar-refractivity contribution in [1.29, 1.82) is 0 Å². The Kier molecular flexibility index (Phi) is 11.1. The van der Waals surface area contributed by atoms with Crippen molar-refractivity contribution in [3.63, 3.8) is 0 Å². The van der Waals surface area contributed by atoms with Crippen LogP contribution in [0.4, 0.5) is 26.3 Å². The molecule has 0 radical (unpaired) electrons. The Balaban J connectivity index is 0. The third kappa shape index (κ3) is 9.14. The molecular formula is C10H19F6NO3S. The van der Waals surface area contributed by atoms with Gasteiger partial charge in [-0.05, 0) is 19.3 Å². The molecule has 0 aliphatic carbocycles. The molecule has 4 N–H and O–H groups in total. The first-order chi connectivity index (χ1) is 9.10. The van der Waals surface area contributed by atoms with Crippen LogP contribution in [-0.2, 0) is 10.1 Å². The van der Waals surface area contributed by atoms with Gasteiger partial charge < -0.3 is 6.15 Å². The van der Waals surface area contributed by atoms with Gasteiger partial charge in [0.15, 0.2) is 24.7 Å². The van der Waals surface area contributed by atoms with Crippen LogP contribution in [0.1, 0.15) is 19.3 Å². The van der Waals surface area contributed by atoms with Crippen molar-refractivity contribution in [3.8, 4) is 0 Å². The second-order valence-electron chi connectivity index (χ2n) is 4.30. The third-order valence-electron chi connectivity index (χ3n) is 2.53. The molecule has 0 spiro atoms. The summed E-state index contributed by atoms with van der Waals surface area (Å²) in [6, 6.07) is 0. The van der Waals surface area contributed by atoms with Crippen LogP contribution in [0.3, 0.4) is 0 Å². The lowest BCUT2D eigenvalue weighted by molar-refractivity contribution is 0.00342.